The average Bonchev–Trinajstić information content (AvgIpc) is 2.94. The van der Waals surface area contributed by atoms with E-state index in [0.717, 1.165) is 22.8 Å². The highest BCUT2D eigenvalue weighted by Gasteiger charge is 2.30. The van der Waals surface area contributed by atoms with E-state index < -0.39 is 12.7 Å². The summed E-state index contributed by atoms with van der Waals surface area (Å²) in [5, 5.41) is 1.54. The van der Waals surface area contributed by atoms with Crippen molar-refractivity contribution in [2.45, 2.75) is 26.1 Å². The van der Waals surface area contributed by atoms with Crippen molar-refractivity contribution in [3.63, 3.8) is 0 Å². The van der Waals surface area contributed by atoms with Crippen LogP contribution in [-0.2, 0) is 13.0 Å². The topological polar surface area (TPSA) is 43.6 Å². The fourth-order valence-electron chi connectivity index (χ4n) is 3.35. The molecule has 3 aromatic heterocycles. The van der Waals surface area contributed by atoms with Crippen LogP contribution in [0.2, 0.25) is 0 Å². The van der Waals surface area contributed by atoms with Gasteiger partial charge >= 0.3 is 6.18 Å². The van der Waals surface area contributed by atoms with Crippen LogP contribution in [-0.4, -0.2) is 25.7 Å². The molecule has 132 valence electrons. The first kappa shape index (κ1) is 16.5. The van der Waals surface area contributed by atoms with Gasteiger partial charge in [-0.25, -0.2) is 9.97 Å². The van der Waals surface area contributed by atoms with E-state index in [9.17, 15) is 13.2 Å². The molecule has 7 heteroatoms. The third kappa shape index (κ3) is 2.79. The molecule has 0 amide bonds. The normalized spacial score (nSPS) is 12.2. The summed E-state index contributed by atoms with van der Waals surface area (Å²) >= 11 is 0. The predicted octanol–water partition coefficient (Wildman–Crippen LogP) is 4.77. The van der Waals surface area contributed by atoms with Crippen LogP contribution in [0.1, 0.15) is 12.5 Å². The number of nitrogens with zero attached hydrogens (tertiary/aromatic N) is 4. The summed E-state index contributed by atoms with van der Waals surface area (Å²) in [4.78, 5) is 12.1. The number of aryl methyl sites for hydroxylation is 1. The Hall–Kier alpha value is -2.96. The number of hydrogen-bond acceptors (Lipinski definition) is 3. The van der Waals surface area contributed by atoms with Crippen molar-refractivity contribution in [2.24, 2.45) is 0 Å². The van der Waals surface area contributed by atoms with E-state index in [0.29, 0.717) is 22.2 Å². The lowest BCUT2D eigenvalue weighted by molar-refractivity contribution is -0.139. The number of hydrogen-bond donors (Lipinski definition) is 0. The Morgan fingerprint density at radius 2 is 1.77 bits per heavy atom. The fourth-order valence-corrected chi connectivity index (χ4v) is 3.35. The van der Waals surface area contributed by atoms with Crippen molar-refractivity contribution in [2.75, 3.05) is 0 Å². The van der Waals surface area contributed by atoms with Crippen molar-refractivity contribution in [3.8, 4) is 11.1 Å². The Labute approximate surface area is 147 Å². The van der Waals surface area contributed by atoms with Gasteiger partial charge in [-0.05, 0) is 30.2 Å². The fraction of sp³-hybridized carbons (Fsp3) is 0.211. The number of aromatic nitrogens is 4. The largest absolute Gasteiger partial charge is 0.406 e. The van der Waals surface area contributed by atoms with E-state index in [-0.39, 0.29) is 0 Å². The Bertz CT molecular complexity index is 1080. The van der Waals surface area contributed by atoms with Gasteiger partial charge in [0.25, 0.3) is 0 Å². The second kappa shape index (κ2) is 6.09. The van der Waals surface area contributed by atoms with Gasteiger partial charge in [-0.2, -0.15) is 13.2 Å². The van der Waals surface area contributed by atoms with Gasteiger partial charge in [-0.1, -0.05) is 6.92 Å². The smallest absolute Gasteiger partial charge is 0.329 e. The summed E-state index contributed by atoms with van der Waals surface area (Å²) in [5.41, 5.74) is 3.41. The summed E-state index contributed by atoms with van der Waals surface area (Å²) in [5.74, 6) is 0. The van der Waals surface area contributed by atoms with Crippen LogP contribution in [0.5, 0.6) is 0 Å². The molecule has 1 aromatic carbocycles. The lowest BCUT2D eigenvalue weighted by Gasteiger charge is -2.14. The minimum atomic E-state index is -4.34. The monoisotopic (exact) mass is 356 g/mol. The molecule has 0 bridgehead atoms. The van der Waals surface area contributed by atoms with Crippen molar-refractivity contribution in [3.05, 3.63) is 54.9 Å². The first-order valence-electron chi connectivity index (χ1n) is 8.19. The van der Waals surface area contributed by atoms with Gasteiger partial charge in [0, 0.05) is 40.5 Å². The molecule has 0 spiro atoms. The molecule has 26 heavy (non-hydrogen) atoms. The molecule has 4 rings (SSSR count). The third-order valence-corrected chi connectivity index (χ3v) is 4.44. The molecule has 3 heterocycles. The molecule has 0 saturated heterocycles. The Kier molecular flexibility index (Phi) is 3.86. The molecule has 0 aliphatic carbocycles. The number of halogens is 3. The zero-order valence-electron chi connectivity index (χ0n) is 14.0. The van der Waals surface area contributed by atoms with E-state index in [1.807, 2.05) is 19.1 Å². The van der Waals surface area contributed by atoms with Gasteiger partial charge < -0.3 is 4.57 Å². The maximum atomic E-state index is 13.3. The minimum absolute atomic E-state index is 0.464. The molecule has 4 aromatic rings. The molecule has 0 fully saturated rings. The van der Waals surface area contributed by atoms with Crippen molar-refractivity contribution >= 4 is 21.8 Å². The van der Waals surface area contributed by atoms with Crippen LogP contribution in [0, 0.1) is 0 Å². The van der Waals surface area contributed by atoms with Crippen molar-refractivity contribution in [1.29, 1.82) is 0 Å². The number of rotatable bonds is 3. The first-order valence-corrected chi connectivity index (χ1v) is 8.19. The van der Waals surface area contributed by atoms with Gasteiger partial charge in [-0.3, -0.25) is 4.98 Å². The van der Waals surface area contributed by atoms with E-state index in [1.54, 1.807) is 24.7 Å². The van der Waals surface area contributed by atoms with Crippen LogP contribution in [0.25, 0.3) is 32.9 Å². The number of alkyl halides is 3. The number of benzene rings is 1. The first-order chi connectivity index (χ1) is 12.5. The van der Waals surface area contributed by atoms with Gasteiger partial charge in [-0.15, -0.1) is 0 Å². The number of pyridine rings is 1. The highest BCUT2D eigenvalue weighted by Crippen LogP contribution is 2.38. The van der Waals surface area contributed by atoms with E-state index in [4.69, 9.17) is 0 Å². The summed E-state index contributed by atoms with van der Waals surface area (Å²) in [6, 6.07) is 5.63. The van der Waals surface area contributed by atoms with Crippen molar-refractivity contribution < 1.29 is 13.2 Å². The maximum absolute atomic E-state index is 13.3. The molecular formula is C19H15F3N4. The quantitative estimate of drug-likeness (QED) is 0.531. The molecule has 4 nitrogen and oxygen atoms in total. The Morgan fingerprint density at radius 1 is 1.00 bits per heavy atom. The van der Waals surface area contributed by atoms with Crippen LogP contribution in [0.4, 0.5) is 13.2 Å². The summed E-state index contributed by atoms with van der Waals surface area (Å²) < 4.78 is 41.2. The minimum Gasteiger partial charge on any atom is -0.329 e. The zero-order chi connectivity index (χ0) is 18.3. The average molecular weight is 356 g/mol. The third-order valence-electron chi connectivity index (χ3n) is 4.44. The molecule has 0 N–H and O–H groups in total. The highest BCUT2D eigenvalue weighted by atomic mass is 19.4. The molecule has 0 unspecified atom stereocenters. The predicted molar refractivity (Wildman–Crippen MR) is 93.7 cm³/mol. The lowest BCUT2D eigenvalue weighted by Crippen LogP contribution is -2.17. The summed E-state index contributed by atoms with van der Waals surface area (Å²) in [6.07, 6.45) is 4.15. The van der Waals surface area contributed by atoms with Crippen LogP contribution in [0.3, 0.4) is 0 Å². The second-order valence-corrected chi connectivity index (χ2v) is 6.11. The Balaban J connectivity index is 2.16. The van der Waals surface area contributed by atoms with Crippen molar-refractivity contribution in [1.82, 2.24) is 19.5 Å². The van der Waals surface area contributed by atoms with E-state index in [1.165, 1.54) is 17.1 Å². The van der Waals surface area contributed by atoms with Crippen LogP contribution in [0.15, 0.2) is 49.3 Å². The molecule has 0 aliphatic heterocycles. The second-order valence-electron chi connectivity index (χ2n) is 6.11. The summed E-state index contributed by atoms with van der Waals surface area (Å²) in [6.45, 7) is 0.938. The summed E-state index contributed by atoms with van der Waals surface area (Å²) in [7, 11) is 0. The highest BCUT2D eigenvalue weighted by molar-refractivity contribution is 6.12. The standard InChI is InChI=1S/C19H15F3N4/c1-2-12-5-15(13-7-24-11-25-8-13)18-16(6-12)14-3-4-23-9-17(14)26(18)10-19(20,21)22/h3-9,11H,2,10H2,1H3. The van der Waals surface area contributed by atoms with Gasteiger partial charge in [0.15, 0.2) is 0 Å². The lowest BCUT2D eigenvalue weighted by atomic mass is 9.99. The molecule has 0 saturated carbocycles. The maximum Gasteiger partial charge on any atom is 0.406 e. The van der Waals surface area contributed by atoms with Crippen LogP contribution >= 0.6 is 0 Å². The SMILES string of the molecule is CCc1cc(-c2cncnc2)c2c(c1)c1ccncc1n2CC(F)(F)F. The molecular weight excluding hydrogens is 341 g/mol. The molecule has 0 aliphatic rings. The zero-order valence-corrected chi connectivity index (χ0v) is 14.0. The van der Waals surface area contributed by atoms with Crippen LogP contribution < -0.4 is 0 Å². The Morgan fingerprint density at radius 3 is 2.46 bits per heavy atom. The van der Waals surface area contributed by atoms with Gasteiger partial charge in [0.1, 0.15) is 12.9 Å². The molecule has 0 radical (unpaired) electrons. The van der Waals surface area contributed by atoms with Gasteiger partial charge in [0.2, 0.25) is 0 Å². The van der Waals surface area contributed by atoms with E-state index >= 15 is 0 Å². The van der Waals surface area contributed by atoms with E-state index in [2.05, 4.69) is 15.0 Å². The number of fused-ring (bicyclic) bond motifs is 3. The molecule has 0 atom stereocenters. The van der Waals surface area contributed by atoms with Gasteiger partial charge in [0.05, 0.1) is 17.2 Å².